The van der Waals surface area contributed by atoms with Crippen molar-refractivity contribution in [3.05, 3.63) is 81.1 Å². The molecule has 0 saturated heterocycles. The van der Waals surface area contributed by atoms with Gasteiger partial charge in [0, 0.05) is 50.0 Å². The monoisotopic (exact) mass is 703 g/mol. The van der Waals surface area contributed by atoms with Gasteiger partial charge in [0.25, 0.3) is 0 Å². The second-order valence-corrected chi connectivity index (χ2v) is 14.7. The first-order valence-electron chi connectivity index (χ1n) is 14.3. The van der Waals surface area contributed by atoms with Gasteiger partial charge in [0.05, 0.1) is 13.2 Å². The Morgan fingerprint density at radius 2 is 1.11 bits per heavy atom. The highest BCUT2D eigenvalue weighted by Gasteiger charge is 2.36. The van der Waals surface area contributed by atoms with E-state index in [9.17, 15) is 43.2 Å². The van der Waals surface area contributed by atoms with Crippen LogP contribution in [0.5, 0.6) is 0 Å². The second-order valence-electron chi connectivity index (χ2n) is 10.4. The fourth-order valence-corrected chi connectivity index (χ4v) is 6.41. The molecule has 266 valence electrons. The maximum absolute atomic E-state index is 11.5. The Kier molecular flexibility index (Phi) is 21.7. The molecule has 0 aliphatic rings. The van der Waals surface area contributed by atoms with Crippen LogP contribution in [0.3, 0.4) is 0 Å². The standard InChI is InChI=1S/C21H36O10Si2.C6H9N3O3.C2H4/c1-15(2)19(22)28-10-7-9-18(13-32(25)14-30-21(24)17(5)6)31-33(26,27)12-8-11-29-20(23)16(3)4;1-7-4(10)8(2)6(12)9(3)5(7)11;1-2/h18,25-27,32H,1,3,5,7-14H2,2,4,6H3;1-3H3;1-2H2. The van der Waals surface area contributed by atoms with Gasteiger partial charge >= 0.3 is 43.8 Å². The van der Waals surface area contributed by atoms with Crippen LogP contribution in [0.2, 0.25) is 12.1 Å². The Balaban J connectivity index is 0. The Labute approximate surface area is 276 Å². The lowest BCUT2D eigenvalue weighted by molar-refractivity contribution is -0.139. The number of rotatable bonds is 17. The fourth-order valence-electron chi connectivity index (χ4n) is 3.33. The molecule has 0 fully saturated rings. The molecule has 3 N–H and O–H groups in total. The van der Waals surface area contributed by atoms with Gasteiger partial charge in [-0.2, -0.15) is 0 Å². The number of ether oxygens (including phenoxy) is 3. The number of hydrogen-bond acceptors (Lipinski definition) is 13. The predicted molar refractivity (Wildman–Crippen MR) is 179 cm³/mol. The largest absolute Gasteiger partial charge is 0.495 e. The number of carbonyl (C=O) groups is 3. The fraction of sp³-hybridized carbons (Fsp3) is 0.517. The van der Waals surface area contributed by atoms with Gasteiger partial charge in [-0.1, -0.05) is 19.7 Å². The van der Waals surface area contributed by atoms with Crippen LogP contribution >= 0.6 is 0 Å². The van der Waals surface area contributed by atoms with Crippen molar-refractivity contribution in [3.8, 4) is 0 Å². The molecule has 16 nitrogen and oxygen atoms in total. The number of hydrogen-bond donors (Lipinski definition) is 3. The molecule has 0 radical (unpaired) electrons. The first-order chi connectivity index (χ1) is 21.7. The third kappa shape index (κ3) is 18.1. The van der Waals surface area contributed by atoms with Crippen LogP contribution in [0, 0.1) is 0 Å². The zero-order chi connectivity index (χ0) is 37.1. The van der Waals surface area contributed by atoms with E-state index in [0.29, 0.717) is 6.42 Å². The molecule has 0 aromatic carbocycles. The van der Waals surface area contributed by atoms with Crippen LogP contribution in [0.1, 0.15) is 40.0 Å². The van der Waals surface area contributed by atoms with Crippen molar-refractivity contribution in [2.45, 2.75) is 58.2 Å². The topological polar surface area (TPSA) is 215 Å². The summed E-state index contributed by atoms with van der Waals surface area (Å²) in [6, 6.07) is -0.0433. The van der Waals surface area contributed by atoms with Gasteiger partial charge in [-0.25, -0.2) is 42.5 Å². The van der Waals surface area contributed by atoms with Crippen LogP contribution in [0.25, 0.3) is 0 Å². The average Bonchev–Trinajstić information content (AvgIpc) is 3.01. The number of esters is 3. The summed E-state index contributed by atoms with van der Waals surface area (Å²) in [5.41, 5.74) is -1.13. The zero-order valence-electron chi connectivity index (χ0n) is 28.1. The van der Waals surface area contributed by atoms with E-state index < -0.39 is 58.9 Å². The molecule has 0 spiro atoms. The van der Waals surface area contributed by atoms with Gasteiger partial charge in [-0.15, -0.1) is 13.2 Å². The minimum Gasteiger partial charge on any atom is -0.463 e. The van der Waals surface area contributed by atoms with Gasteiger partial charge in [0.1, 0.15) is 6.23 Å². The Bertz CT molecular complexity index is 1330. The zero-order valence-corrected chi connectivity index (χ0v) is 30.3. The van der Waals surface area contributed by atoms with Gasteiger partial charge < -0.3 is 33.0 Å². The molecular formula is C29H49N3O13Si2. The van der Waals surface area contributed by atoms with E-state index in [2.05, 4.69) is 32.9 Å². The first-order valence-corrected chi connectivity index (χ1v) is 18.5. The van der Waals surface area contributed by atoms with E-state index in [-0.39, 0.29) is 61.1 Å². The predicted octanol–water partition coefficient (Wildman–Crippen LogP) is -0.336. The summed E-state index contributed by atoms with van der Waals surface area (Å²) >= 11 is 0. The molecule has 2 atom stereocenters. The molecular weight excluding hydrogens is 654 g/mol. The minimum absolute atomic E-state index is 0.0271. The Hall–Kier alpha value is -3.95. The maximum Gasteiger partial charge on any atom is 0.495 e. The van der Waals surface area contributed by atoms with Crippen molar-refractivity contribution in [2.75, 3.05) is 19.4 Å². The molecule has 47 heavy (non-hydrogen) atoms. The van der Waals surface area contributed by atoms with Crippen molar-refractivity contribution in [2.24, 2.45) is 21.1 Å². The van der Waals surface area contributed by atoms with Gasteiger partial charge in [-0.3, -0.25) is 0 Å². The third-order valence-corrected chi connectivity index (χ3v) is 9.18. The molecule has 0 saturated carbocycles. The summed E-state index contributed by atoms with van der Waals surface area (Å²) in [6.45, 7) is 21.0. The molecule has 1 rings (SSSR count). The normalized spacial score (nSPS) is 11.8. The summed E-state index contributed by atoms with van der Waals surface area (Å²) in [6.07, 6.45) is -0.159. The SMILES string of the molecule is C=C.C=C(C)C(=O)OCCCC(C[SiH](O)COC(=O)C(=C)C)O[Si](O)(O)CCCOC(=O)C(=C)C.Cn1c(=O)n(C)c(=O)n(C)c1=O. The van der Waals surface area contributed by atoms with E-state index in [1.54, 1.807) is 0 Å². The van der Waals surface area contributed by atoms with Crippen LogP contribution in [-0.4, -0.2) is 89.4 Å². The number of nitrogens with zero attached hydrogens (tertiary/aromatic N) is 3. The molecule has 2 unspecified atom stereocenters. The Morgan fingerprint density at radius 1 is 0.745 bits per heavy atom. The van der Waals surface area contributed by atoms with Crippen LogP contribution in [0.15, 0.2) is 64.0 Å². The van der Waals surface area contributed by atoms with Gasteiger partial charge in [-0.05, 0) is 46.1 Å². The highest BCUT2D eigenvalue weighted by molar-refractivity contribution is 6.58. The highest BCUT2D eigenvalue weighted by Crippen LogP contribution is 2.18. The van der Waals surface area contributed by atoms with E-state index in [4.69, 9.17) is 18.6 Å². The molecule has 18 heteroatoms. The van der Waals surface area contributed by atoms with Crippen molar-refractivity contribution < 1.29 is 47.4 Å². The summed E-state index contributed by atoms with van der Waals surface area (Å²) < 4.78 is 23.1. The summed E-state index contributed by atoms with van der Waals surface area (Å²) in [5.74, 6) is -1.73. The molecule has 0 bridgehead atoms. The van der Waals surface area contributed by atoms with Crippen molar-refractivity contribution >= 4 is 35.8 Å². The summed E-state index contributed by atoms with van der Waals surface area (Å²) in [7, 11) is -2.77. The van der Waals surface area contributed by atoms with Crippen molar-refractivity contribution in [1.82, 2.24) is 13.7 Å². The Morgan fingerprint density at radius 3 is 1.49 bits per heavy atom. The summed E-state index contributed by atoms with van der Waals surface area (Å²) in [4.78, 5) is 98.6. The smallest absolute Gasteiger partial charge is 0.463 e. The quantitative estimate of drug-likeness (QED) is 0.0474. The van der Waals surface area contributed by atoms with E-state index in [1.807, 2.05) is 0 Å². The van der Waals surface area contributed by atoms with E-state index in [0.717, 1.165) is 13.7 Å². The van der Waals surface area contributed by atoms with Crippen LogP contribution in [0.4, 0.5) is 0 Å². The number of aromatic nitrogens is 3. The van der Waals surface area contributed by atoms with Gasteiger partial charge in [0.2, 0.25) is 9.04 Å². The van der Waals surface area contributed by atoms with Crippen molar-refractivity contribution in [1.29, 1.82) is 0 Å². The molecule has 1 aromatic heterocycles. The van der Waals surface area contributed by atoms with Crippen LogP contribution in [-0.2, 0) is 54.2 Å². The number of carbonyl (C=O) groups excluding carboxylic acids is 3. The molecule has 1 aromatic rings. The van der Waals surface area contributed by atoms with Crippen molar-refractivity contribution in [3.63, 3.8) is 0 Å². The first kappa shape index (κ1) is 45.2. The average molecular weight is 704 g/mol. The maximum atomic E-state index is 11.5. The highest BCUT2D eigenvalue weighted by atomic mass is 28.4. The molecule has 0 aliphatic carbocycles. The van der Waals surface area contributed by atoms with E-state index >= 15 is 0 Å². The summed E-state index contributed by atoms with van der Waals surface area (Å²) in [5, 5.41) is 0. The third-order valence-electron chi connectivity index (χ3n) is 5.85. The van der Waals surface area contributed by atoms with Crippen LogP contribution < -0.4 is 17.1 Å². The molecule has 0 aliphatic heterocycles. The lowest BCUT2D eigenvalue weighted by Gasteiger charge is -2.26. The molecule has 1 heterocycles. The van der Waals surface area contributed by atoms with E-state index in [1.165, 1.54) is 41.9 Å². The molecule has 0 amide bonds. The second kappa shape index (κ2) is 22.6. The lowest BCUT2D eigenvalue weighted by atomic mass is 10.2. The lowest BCUT2D eigenvalue weighted by Crippen LogP contribution is -2.51. The minimum atomic E-state index is -4.14. The van der Waals surface area contributed by atoms with Gasteiger partial charge in [0.15, 0.2) is 0 Å².